The number of hydrogen-bond acceptors (Lipinski definition) is 4. The quantitative estimate of drug-likeness (QED) is 0.605. The molecule has 18 heavy (non-hydrogen) atoms. The molecule has 1 amide bonds. The Morgan fingerprint density at radius 1 is 1.28 bits per heavy atom. The van der Waals surface area contributed by atoms with E-state index in [9.17, 15) is 13.8 Å². The van der Waals surface area contributed by atoms with Gasteiger partial charge in [-0.15, -0.1) is 0 Å². The van der Waals surface area contributed by atoms with Crippen LogP contribution in [0.15, 0.2) is 0 Å². The van der Waals surface area contributed by atoms with Crippen LogP contribution in [0.3, 0.4) is 0 Å². The highest BCUT2D eigenvalue weighted by Gasteiger charge is 2.15. The van der Waals surface area contributed by atoms with Crippen molar-refractivity contribution in [3.63, 3.8) is 0 Å². The van der Waals surface area contributed by atoms with E-state index in [1.165, 1.54) is 17.9 Å². The normalized spacial score (nSPS) is 11.8. The molecule has 0 aromatic rings. The molecule has 0 aliphatic carbocycles. The Morgan fingerprint density at radius 3 is 2.28 bits per heavy atom. The van der Waals surface area contributed by atoms with Crippen molar-refractivity contribution >= 4 is 26.8 Å². The molecule has 6 heteroatoms. The van der Waals surface area contributed by atoms with Crippen LogP contribution >= 0.6 is 0 Å². The number of alkyl carbamates (subject to hydrolysis) is 1. The van der Waals surface area contributed by atoms with Gasteiger partial charge in [-0.1, -0.05) is 0 Å². The molecule has 106 valence electrons. The summed E-state index contributed by atoms with van der Waals surface area (Å²) in [6.07, 6.45) is 3.32. The van der Waals surface area contributed by atoms with Gasteiger partial charge in [-0.25, -0.2) is 4.79 Å². The summed E-state index contributed by atoms with van der Waals surface area (Å²) in [5, 5.41) is 3.81. The van der Waals surface area contributed by atoms with Gasteiger partial charge in [-0.3, -0.25) is 9.00 Å². The van der Waals surface area contributed by atoms with Crippen molar-refractivity contribution in [2.75, 3.05) is 19.1 Å². The SMILES string of the molecule is CC(C)(C)OC(=O)NCCCC(=O)C=S(C)(C)=O. The van der Waals surface area contributed by atoms with E-state index in [1.54, 1.807) is 20.8 Å². The number of nitrogens with one attached hydrogen (secondary N) is 1. The van der Waals surface area contributed by atoms with Gasteiger partial charge in [0.15, 0.2) is 5.78 Å². The number of ether oxygens (including phenoxy) is 1. The second-order valence-electron chi connectivity index (χ2n) is 5.43. The summed E-state index contributed by atoms with van der Waals surface area (Å²) >= 11 is 0. The summed E-state index contributed by atoms with van der Waals surface area (Å²) in [5.74, 6) is -0.156. The Labute approximate surface area is 109 Å². The van der Waals surface area contributed by atoms with Gasteiger partial charge < -0.3 is 10.1 Å². The molecule has 0 heterocycles. The Hall–Kier alpha value is -1.04. The van der Waals surface area contributed by atoms with Crippen LogP contribution in [0.4, 0.5) is 4.79 Å². The van der Waals surface area contributed by atoms with Gasteiger partial charge in [0, 0.05) is 30.8 Å². The summed E-state index contributed by atoms with van der Waals surface area (Å²) in [7, 11) is -2.14. The lowest BCUT2D eigenvalue weighted by Crippen LogP contribution is -2.33. The lowest BCUT2D eigenvalue weighted by molar-refractivity contribution is -0.112. The summed E-state index contributed by atoms with van der Waals surface area (Å²) in [6, 6.07) is 0. The number of carbonyl (C=O) groups excluding carboxylic acids is 2. The molecule has 5 nitrogen and oxygen atoms in total. The molecule has 0 saturated heterocycles. The first kappa shape index (κ1) is 17.0. The number of Topliss-reactive ketones (excluding diaryl/α,β-unsaturated/α-hetero) is 1. The highest BCUT2D eigenvalue weighted by atomic mass is 32.2. The molecule has 0 aliphatic rings. The molecule has 0 aliphatic heterocycles. The molecular formula is C12H23NO4S. The van der Waals surface area contributed by atoms with Gasteiger partial charge in [-0.2, -0.15) is 0 Å². The molecule has 1 N–H and O–H groups in total. The molecule has 0 atom stereocenters. The molecule has 0 aromatic heterocycles. The van der Waals surface area contributed by atoms with Crippen molar-refractivity contribution in [3.05, 3.63) is 0 Å². The molecule has 0 rings (SSSR count). The number of hydrogen-bond donors (Lipinski definition) is 1. The van der Waals surface area contributed by atoms with Crippen LogP contribution in [-0.2, 0) is 19.1 Å². The van der Waals surface area contributed by atoms with E-state index < -0.39 is 21.2 Å². The Morgan fingerprint density at radius 2 is 1.83 bits per heavy atom. The van der Waals surface area contributed by atoms with Crippen molar-refractivity contribution in [2.45, 2.75) is 39.2 Å². The summed E-state index contributed by atoms with van der Waals surface area (Å²) in [4.78, 5) is 22.6. The van der Waals surface area contributed by atoms with E-state index in [2.05, 4.69) is 5.32 Å². The minimum Gasteiger partial charge on any atom is -0.444 e. The largest absolute Gasteiger partial charge is 0.444 e. The van der Waals surface area contributed by atoms with Gasteiger partial charge >= 0.3 is 6.09 Å². The van der Waals surface area contributed by atoms with E-state index >= 15 is 0 Å². The molecule has 0 bridgehead atoms. The third-order valence-corrected chi connectivity index (χ3v) is 2.51. The van der Waals surface area contributed by atoms with Gasteiger partial charge in [0.25, 0.3) is 0 Å². The van der Waals surface area contributed by atoms with Crippen molar-refractivity contribution in [1.29, 1.82) is 0 Å². The Bertz CT molecular complexity index is 406. The molecule has 0 aromatic carbocycles. The van der Waals surface area contributed by atoms with Gasteiger partial charge in [0.1, 0.15) is 5.60 Å². The van der Waals surface area contributed by atoms with E-state index in [-0.39, 0.29) is 12.2 Å². The molecule has 0 spiro atoms. The second-order valence-corrected chi connectivity index (χ2v) is 8.28. The van der Waals surface area contributed by atoms with Crippen molar-refractivity contribution in [2.24, 2.45) is 0 Å². The molecule has 0 saturated carbocycles. The number of ketones is 1. The highest BCUT2D eigenvalue weighted by molar-refractivity contribution is 8.01. The van der Waals surface area contributed by atoms with Crippen LogP contribution < -0.4 is 5.32 Å². The van der Waals surface area contributed by atoms with E-state index in [0.29, 0.717) is 13.0 Å². The fraction of sp³-hybridized carbons (Fsp3) is 0.750. The molecule has 0 unspecified atom stereocenters. The number of carbonyl (C=O) groups is 2. The average Bonchev–Trinajstić information content (AvgIpc) is 2.06. The maximum absolute atomic E-state index is 11.4. The lowest BCUT2D eigenvalue weighted by atomic mass is 10.2. The number of amides is 1. The zero-order valence-electron chi connectivity index (χ0n) is 11.7. The average molecular weight is 277 g/mol. The Balaban J connectivity index is 3.86. The zero-order valence-corrected chi connectivity index (χ0v) is 12.6. The van der Waals surface area contributed by atoms with Crippen LogP contribution in [0, 0.1) is 0 Å². The predicted octanol–water partition coefficient (Wildman–Crippen LogP) is 1.21. The monoisotopic (exact) mass is 277 g/mol. The zero-order chi connectivity index (χ0) is 14.4. The summed E-state index contributed by atoms with van der Waals surface area (Å²) in [6.45, 7) is 5.71. The topological polar surface area (TPSA) is 72.5 Å². The Kier molecular flexibility index (Phi) is 6.38. The summed E-state index contributed by atoms with van der Waals surface area (Å²) < 4.78 is 16.4. The van der Waals surface area contributed by atoms with Crippen LogP contribution in [0.2, 0.25) is 0 Å². The third-order valence-electron chi connectivity index (χ3n) is 1.68. The molecule has 0 radical (unpaired) electrons. The predicted molar refractivity (Wildman–Crippen MR) is 74.5 cm³/mol. The first-order valence-electron chi connectivity index (χ1n) is 5.78. The maximum Gasteiger partial charge on any atom is 0.407 e. The first-order valence-corrected chi connectivity index (χ1v) is 8.22. The van der Waals surface area contributed by atoms with Crippen LogP contribution in [-0.4, -0.2) is 46.1 Å². The summed E-state index contributed by atoms with van der Waals surface area (Å²) in [5.41, 5.74) is -0.524. The number of rotatable bonds is 5. The smallest absolute Gasteiger partial charge is 0.407 e. The van der Waals surface area contributed by atoms with Crippen molar-refractivity contribution in [1.82, 2.24) is 5.32 Å². The fourth-order valence-corrected chi connectivity index (χ4v) is 1.89. The second kappa shape index (κ2) is 6.78. The maximum atomic E-state index is 11.4. The van der Waals surface area contributed by atoms with E-state index in [4.69, 9.17) is 4.74 Å². The fourth-order valence-electron chi connectivity index (χ4n) is 1.14. The van der Waals surface area contributed by atoms with Crippen LogP contribution in [0.25, 0.3) is 0 Å². The van der Waals surface area contributed by atoms with Gasteiger partial charge in [-0.05, 0) is 36.7 Å². The first-order chi connectivity index (χ1) is 7.99. The highest BCUT2D eigenvalue weighted by Crippen LogP contribution is 2.06. The van der Waals surface area contributed by atoms with E-state index in [1.807, 2.05) is 0 Å². The van der Waals surface area contributed by atoms with Crippen LogP contribution in [0.1, 0.15) is 33.6 Å². The molecule has 0 fully saturated rings. The lowest BCUT2D eigenvalue weighted by Gasteiger charge is -2.19. The van der Waals surface area contributed by atoms with E-state index in [0.717, 1.165) is 0 Å². The minimum absolute atomic E-state index is 0.156. The minimum atomic E-state index is -2.14. The third kappa shape index (κ3) is 11.4. The van der Waals surface area contributed by atoms with Gasteiger partial charge in [0.05, 0.1) is 0 Å². The van der Waals surface area contributed by atoms with Crippen molar-refractivity contribution < 1.29 is 18.5 Å². The van der Waals surface area contributed by atoms with Crippen molar-refractivity contribution in [3.8, 4) is 0 Å². The molecular weight excluding hydrogens is 254 g/mol. The standard InChI is InChI=1S/C12H23NO4S/c1-12(2,3)17-11(15)13-8-6-7-10(14)9-18(4,5)16/h9H,6-8H2,1-5H3,(H,13,15). The van der Waals surface area contributed by atoms with Gasteiger partial charge in [0.2, 0.25) is 0 Å². The van der Waals surface area contributed by atoms with Crippen LogP contribution in [0.5, 0.6) is 0 Å².